The molecular weight excluding hydrogens is 425 g/mol. The lowest BCUT2D eigenvalue weighted by Gasteiger charge is -2.09. The molecule has 0 unspecified atom stereocenters. The van der Waals surface area contributed by atoms with Crippen molar-refractivity contribution in [1.82, 2.24) is 19.7 Å². The van der Waals surface area contributed by atoms with E-state index in [-0.39, 0.29) is 5.91 Å². The molecule has 10 heteroatoms. The number of fused-ring (bicyclic) bond motifs is 1. The molecule has 0 fully saturated rings. The first kappa shape index (κ1) is 20.8. The number of para-hydroxylation sites is 1. The van der Waals surface area contributed by atoms with Gasteiger partial charge in [-0.1, -0.05) is 17.7 Å². The van der Waals surface area contributed by atoms with E-state index in [1.807, 2.05) is 0 Å². The van der Waals surface area contributed by atoms with E-state index < -0.39 is 5.82 Å². The number of hydrogen-bond acceptors (Lipinski definition) is 5. The van der Waals surface area contributed by atoms with Gasteiger partial charge < -0.3 is 19.8 Å². The number of anilines is 1. The lowest BCUT2D eigenvalue weighted by molar-refractivity contribution is 0.102. The molecule has 4 rings (SSSR count). The smallest absolute Gasteiger partial charge is 0.256 e. The molecule has 2 aromatic heterocycles. The van der Waals surface area contributed by atoms with Crippen molar-refractivity contribution in [2.75, 3.05) is 25.6 Å². The third-order valence-electron chi connectivity index (χ3n) is 4.57. The summed E-state index contributed by atoms with van der Waals surface area (Å²) in [7, 11) is 3.28. The molecule has 2 N–H and O–H groups in total. The standard InChI is InChI=1S/C21H19ClFN5O3/c1-28-16(20-24-15-5-3-4-14(23)19(15)26-20)11-18(27-28)25-21(29)12-6-7-17(13(22)10-12)31-9-8-30-2/h3-7,10-11H,8-9H2,1-2H3,(H,24,26)(H,25,27,29). The number of ether oxygens (including phenoxy) is 2. The number of hydrogen-bond donors (Lipinski definition) is 2. The molecule has 0 saturated heterocycles. The number of rotatable bonds is 7. The largest absolute Gasteiger partial charge is 0.490 e. The lowest BCUT2D eigenvalue weighted by atomic mass is 10.2. The quantitative estimate of drug-likeness (QED) is 0.420. The first-order valence-electron chi connectivity index (χ1n) is 9.37. The van der Waals surface area contributed by atoms with E-state index in [9.17, 15) is 9.18 Å². The Balaban J connectivity index is 1.51. The molecule has 0 radical (unpaired) electrons. The maximum Gasteiger partial charge on any atom is 0.256 e. The normalized spacial score (nSPS) is 11.1. The number of methoxy groups -OCH3 is 1. The van der Waals surface area contributed by atoms with Crippen LogP contribution in [0.25, 0.3) is 22.6 Å². The summed E-state index contributed by atoms with van der Waals surface area (Å²) in [5.74, 6) is 0.452. The second-order valence-corrected chi connectivity index (χ2v) is 7.11. The summed E-state index contributed by atoms with van der Waals surface area (Å²) < 4.78 is 25.9. The van der Waals surface area contributed by atoms with Crippen molar-refractivity contribution in [2.45, 2.75) is 0 Å². The van der Waals surface area contributed by atoms with Gasteiger partial charge in [0.25, 0.3) is 5.91 Å². The first-order chi connectivity index (χ1) is 15.0. The zero-order valence-corrected chi connectivity index (χ0v) is 17.5. The number of carbonyl (C=O) groups excluding carboxylic acids is 1. The molecular formula is C21H19ClFN5O3. The highest BCUT2D eigenvalue weighted by molar-refractivity contribution is 6.32. The predicted molar refractivity (Wildman–Crippen MR) is 115 cm³/mol. The van der Waals surface area contributed by atoms with Gasteiger partial charge in [-0.2, -0.15) is 5.10 Å². The Morgan fingerprint density at radius 1 is 1.26 bits per heavy atom. The Morgan fingerprint density at radius 3 is 2.84 bits per heavy atom. The number of H-pyrrole nitrogens is 1. The number of nitrogens with zero attached hydrogens (tertiary/aromatic N) is 3. The van der Waals surface area contributed by atoms with Crippen molar-refractivity contribution in [2.24, 2.45) is 7.05 Å². The van der Waals surface area contributed by atoms with Gasteiger partial charge in [0.15, 0.2) is 11.6 Å². The van der Waals surface area contributed by atoms with Crippen LogP contribution in [0.2, 0.25) is 5.02 Å². The summed E-state index contributed by atoms with van der Waals surface area (Å²) >= 11 is 6.21. The van der Waals surface area contributed by atoms with Crippen LogP contribution in [0.3, 0.4) is 0 Å². The van der Waals surface area contributed by atoms with Gasteiger partial charge in [-0.3, -0.25) is 9.48 Å². The molecule has 0 spiro atoms. The van der Waals surface area contributed by atoms with Crippen LogP contribution in [-0.2, 0) is 11.8 Å². The highest BCUT2D eigenvalue weighted by Crippen LogP contribution is 2.27. The second-order valence-electron chi connectivity index (χ2n) is 6.70. The molecule has 0 atom stereocenters. The molecule has 2 heterocycles. The molecule has 0 aliphatic carbocycles. The van der Waals surface area contributed by atoms with Gasteiger partial charge in [0.05, 0.1) is 17.1 Å². The third kappa shape index (κ3) is 4.37. The Morgan fingerprint density at radius 2 is 2.10 bits per heavy atom. The number of aryl methyl sites for hydroxylation is 1. The average Bonchev–Trinajstić information content (AvgIpc) is 3.33. The van der Waals surface area contributed by atoms with Crippen molar-refractivity contribution >= 4 is 34.4 Å². The molecule has 8 nitrogen and oxygen atoms in total. The summed E-state index contributed by atoms with van der Waals surface area (Å²) in [6.07, 6.45) is 0. The summed E-state index contributed by atoms with van der Waals surface area (Å²) in [5.41, 5.74) is 1.75. The zero-order chi connectivity index (χ0) is 22.0. The van der Waals surface area contributed by atoms with Crippen LogP contribution in [-0.4, -0.2) is 46.0 Å². The summed E-state index contributed by atoms with van der Waals surface area (Å²) in [6.45, 7) is 0.780. The van der Waals surface area contributed by atoms with E-state index >= 15 is 0 Å². The molecule has 31 heavy (non-hydrogen) atoms. The maximum atomic E-state index is 14.0. The van der Waals surface area contributed by atoms with Crippen LogP contribution in [0.15, 0.2) is 42.5 Å². The molecule has 4 aromatic rings. The van der Waals surface area contributed by atoms with E-state index in [4.69, 9.17) is 21.1 Å². The zero-order valence-electron chi connectivity index (χ0n) is 16.8. The van der Waals surface area contributed by atoms with Crippen molar-refractivity contribution in [3.05, 3.63) is 58.9 Å². The van der Waals surface area contributed by atoms with Gasteiger partial charge in [-0.05, 0) is 30.3 Å². The van der Waals surface area contributed by atoms with E-state index in [2.05, 4.69) is 20.4 Å². The predicted octanol–water partition coefficient (Wildman–Crippen LogP) is 4.03. The minimum atomic E-state index is -0.390. The monoisotopic (exact) mass is 443 g/mol. The van der Waals surface area contributed by atoms with Crippen LogP contribution in [0.4, 0.5) is 10.2 Å². The van der Waals surface area contributed by atoms with E-state index in [1.54, 1.807) is 49.2 Å². The van der Waals surface area contributed by atoms with E-state index in [0.717, 1.165) is 0 Å². The fourth-order valence-electron chi connectivity index (χ4n) is 3.05. The number of aromatic nitrogens is 4. The molecule has 0 bridgehead atoms. The Bertz CT molecular complexity index is 1250. The van der Waals surface area contributed by atoms with E-state index in [0.29, 0.717) is 57.9 Å². The SMILES string of the molecule is COCCOc1ccc(C(=O)Nc2cc(-c3nc4cccc(F)c4[nH]3)n(C)n2)cc1Cl. The van der Waals surface area contributed by atoms with Gasteiger partial charge in [0, 0.05) is 25.8 Å². The van der Waals surface area contributed by atoms with Crippen molar-refractivity contribution in [3.63, 3.8) is 0 Å². The van der Waals surface area contributed by atoms with E-state index in [1.165, 1.54) is 12.1 Å². The summed E-state index contributed by atoms with van der Waals surface area (Å²) in [6, 6.07) is 11.1. The number of benzene rings is 2. The van der Waals surface area contributed by atoms with Gasteiger partial charge in [-0.15, -0.1) is 0 Å². The minimum absolute atomic E-state index is 0.312. The van der Waals surface area contributed by atoms with Crippen molar-refractivity contribution in [3.8, 4) is 17.3 Å². The third-order valence-corrected chi connectivity index (χ3v) is 4.87. The fraction of sp³-hybridized carbons (Fsp3) is 0.190. The number of carbonyl (C=O) groups is 1. The molecule has 160 valence electrons. The Labute approximate surface area is 181 Å². The highest BCUT2D eigenvalue weighted by Gasteiger charge is 2.16. The van der Waals surface area contributed by atoms with Crippen molar-refractivity contribution < 1.29 is 18.7 Å². The topological polar surface area (TPSA) is 94.1 Å². The highest BCUT2D eigenvalue weighted by atomic mass is 35.5. The molecule has 0 aliphatic rings. The Hall–Kier alpha value is -3.43. The van der Waals surface area contributed by atoms with Crippen LogP contribution in [0.1, 0.15) is 10.4 Å². The van der Waals surface area contributed by atoms with Crippen LogP contribution < -0.4 is 10.1 Å². The number of halogens is 2. The minimum Gasteiger partial charge on any atom is -0.490 e. The van der Waals surface area contributed by atoms with Crippen molar-refractivity contribution in [1.29, 1.82) is 0 Å². The van der Waals surface area contributed by atoms with Gasteiger partial charge >= 0.3 is 0 Å². The maximum absolute atomic E-state index is 14.0. The van der Waals surface area contributed by atoms with Crippen LogP contribution in [0.5, 0.6) is 5.75 Å². The molecule has 0 saturated carbocycles. The summed E-state index contributed by atoms with van der Waals surface area (Å²) in [4.78, 5) is 20.0. The average molecular weight is 444 g/mol. The van der Waals surface area contributed by atoms with Crippen LogP contribution >= 0.6 is 11.6 Å². The fourth-order valence-corrected chi connectivity index (χ4v) is 3.29. The molecule has 0 aliphatic heterocycles. The lowest BCUT2D eigenvalue weighted by Crippen LogP contribution is -2.13. The number of imidazole rings is 1. The molecule has 1 amide bonds. The number of aromatic amines is 1. The molecule has 2 aromatic carbocycles. The first-order valence-corrected chi connectivity index (χ1v) is 9.75. The van der Waals surface area contributed by atoms with Crippen LogP contribution in [0, 0.1) is 5.82 Å². The summed E-state index contributed by atoms with van der Waals surface area (Å²) in [5, 5.41) is 7.34. The van der Waals surface area contributed by atoms with Gasteiger partial charge in [-0.25, -0.2) is 9.37 Å². The second kappa shape index (κ2) is 8.75. The van der Waals surface area contributed by atoms with Gasteiger partial charge in [0.1, 0.15) is 29.4 Å². The number of amides is 1. The van der Waals surface area contributed by atoms with Gasteiger partial charge in [0.2, 0.25) is 0 Å². The number of nitrogens with one attached hydrogen (secondary N) is 2. The Kier molecular flexibility index (Phi) is 5.88.